The molecule has 0 spiro atoms. The number of methoxy groups -OCH3 is 2. The van der Waals surface area contributed by atoms with Crippen LogP contribution in [0.4, 0.5) is 9.59 Å². The maximum atomic E-state index is 14.1. The summed E-state index contributed by atoms with van der Waals surface area (Å²) in [5.41, 5.74) is 3.57. The summed E-state index contributed by atoms with van der Waals surface area (Å²) < 4.78 is 16.8. The second kappa shape index (κ2) is 17.8. The van der Waals surface area contributed by atoms with Gasteiger partial charge >= 0.3 is 12.2 Å². The zero-order valence-corrected chi connectivity index (χ0v) is 36.3. The van der Waals surface area contributed by atoms with Gasteiger partial charge in [0, 0.05) is 54.6 Å². The number of ether oxygens (including phenoxy) is 3. The van der Waals surface area contributed by atoms with Gasteiger partial charge in [-0.15, -0.1) is 0 Å². The highest BCUT2D eigenvalue weighted by Crippen LogP contribution is 2.51. The number of imidazole rings is 2. The highest BCUT2D eigenvalue weighted by molar-refractivity contribution is 5.88. The van der Waals surface area contributed by atoms with E-state index in [2.05, 4.69) is 37.8 Å². The van der Waals surface area contributed by atoms with E-state index in [1.54, 1.807) is 0 Å². The Morgan fingerprint density at radius 3 is 1.84 bits per heavy atom. The van der Waals surface area contributed by atoms with Gasteiger partial charge in [0.1, 0.15) is 23.7 Å². The summed E-state index contributed by atoms with van der Waals surface area (Å²) in [6.07, 6.45) is 15.6. The minimum atomic E-state index is -0.867. The minimum absolute atomic E-state index is 0.0883. The molecule has 2 saturated carbocycles. The van der Waals surface area contributed by atoms with E-state index in [1.807, 2.05) is 82.9 Å². The lowest BCUT2D eigenvalue weighted by Crippen LogP contribution is -2.62. The Morgan fingerprint density at radius 1 is 0.703 bits per heavy atom. The van der Waals surface area contributed by atoms with Crippen LogP contribution in [0.15, 0.2) is 85.3 Å². The number of H-pyrrole nitrogens is 2. The molecular formula is C48H57N9O7. The molecule has 4 aromatic rings. The number of carbonyl (C=O) groups excluding carboxylic acids is 4. The van der Waals surface area contributed by atoms with E-state index in [4.69, 9.17) is 24.2 Å². The Balaban J connectivity index is 0.789. The van der Waals surface area contributed by atoms with E-state index in [0.29, 0.717) is 24.2 Å². The van der Waals surface area contributed by atoms with E-state index in [9.17, 15) is 19.2 Å². The van der Waals surface area contributed by atoms with Crippen molar-refractivity contribution in [3.8, 4) is 0 Å². The normalized spacial score (nSPS) is 29.1. The molecule has 336 valence electrons. The lowest BCUT2D eigenvalue weighted by molar-refractivity contribution is -0.168. The predicted octanol–water partition coefficient (Wildman–Crippen LogP) is 6.45. The van der Waals surface area contributed by atoms with Crippen LogP contribution in [0.3, 0.4) is 0 Å². The summed E-state index contributed by atoms with van der Waals surface area (Å²) in [5, 5.41) is 5.51. The molecule has 11 atom stereocenters. The molecule has 4 aliphatic heterocycles. The van der Waals surface area contributed by atoms with Gasteiger partial charge in [-0.3, -0.25) is 9.59 Å². The van der Waals surface area contributed by atoms with Gasteiger partial charge in [-0.1, -0.05) is 66.7 Å². The Kier molecular flexibility index (Phi) is 11.6. The SMILES string of the molecule is COC(=O)NC(C(=O)N1CCCC1c1ncc(C2CCC3C(C2)OC2CCC(c4cnc(C5CCCN5C(=O)C(NC(=O)OC)c5ccccc5)[nH]4)C4C=CN3C24)[nH]1)c1ccccc1. The molecule has 10 rings (SSSR count). The first-order valence-corrected chi connectivity index (χ1v) is 22.9. The van der Waals surface area contributed by atoms with Gasteiger partial charge in [0.2, 0.25) is 0 Å². The fraction of sp³-hybridized carbons (Fsp3) is 0.500. The molecule has 6 heterocycles. The molecule has 11 unspecified atom stereocenters. The molecule has 2 aliphatic carbocycles. The number of rotatable bonds is 10. The number of likely N-dealkylation sites (tertiary alicyclic amines) is 2. The summed E-state index contributed by atoms with van der Waals surface area (Å²) in [6, 6.07) is 16.9. The molecule has 2 aromatic heterocycles. The van der Waals surface area contributed by atoms with Crippen molar-refractivity contribution in [1.29, 1.82) is 0 Å². The Hall–Kier alpha value is -6.16. The molecule has 16 nitrogen and oxygen atoms in total. The van der Waals surface area contributed by atoms with Crippen molar-refractivity contribution < 1.29 is 33.4 Å². The van der Waals surface area contributed by atoms with Gasteiger partial charge in [-0.05, 0) is 75.1 Å². The standard InChI is InChI=1S/C48H57N9O7/c1-62-47(60)53-40(28-11-5-3-6-12-28)45(58)56-22-9-15-36(56)43-49-26-33(51-43)30-17-19-35-39(25-30)64-38-20-18-31(32-21-24-55(35)42(32)38)34-27-50-44(52-34)37-16-10-23-57(37)46(59)41(54-48(61)63-2)29-13-7-4-8-14-29/h3-8,11-14,21,24,26-27,30-32,35-42H,9-10,15-20,22-23,25H2,1-2H3,(H,49,51)(H,50,52)(H,53,60)(H,54,61). The Bertz CT molecular complexity index is 2350. The van der Waals surface area contributed by atoms with Crippen LogP contribution in [0.1, 0.15) is 128 Å². The van der Waals surface area contributed by atoms with E-state index in [1.165, 1.54) is 14.2 Å². The highest BCUT2D eigenvalue weighted by Gasteiger charge is 2.54. The van der Waals surface area contributed by atoms with Crippen LogP contribution in [-0.2, 0) is 23.8 Å². The smallest absolute Gasteiger partial charge is 0.407 e. The van der Waals surface area contributed by atoms with Gasteiger partial charge in [-0.25, -0.2) is 19.6 Å². The number of carbonyl (C=O) groups is 4. The lowest BCUT2D eigenvalue weighted by Gasteiger charge is -2.54. The van der Waals surface area contributed by atoms with E-state index < -0.39 is 24.3 Å². The van der Waals surface area contributed by atoms with E-state index in [0.717, 1.165) is 80.8 Å². The van der Waals surface area contributed by atoms with Gasteiger partial charge < -0.3 is 49.5 Å². The number of benzene rings is 2. The van der Waals surface area contributed by atoms with Crippen molar-refractivity contribution in [3.63, 3.8) is 0 Å². The molecular weight excluding hydrogens is 815 g/mol. The third kappa shape index (κ3) is 7.79. The van der Waals surface area contributed by atoms with Gasteiger partial charge in [0.25, 0.3) is 11.8 Å². The first kappa shape index (κ1) is 41.8. The molecule has 4 amide bonds. The molecule has 16 heteroatoms. The summed E-state index contributed by atoms with van der Waals surface area (Å²) in [5.74, 6) is 1.97. The first-order chi connectivity index (χ1) is 31.3. The number of nitrogens with one attached hydrogen (secondary N) is 4. The fourth-order valence-electron chi connectivity index (χ4n) is 11.7. The Morgan fingerprint density at radius 2 is 1.27 bits per heavy atom. The molecule has 4 N–H and O–H groups in total. The predicted molar refractivity (Wildman–Crippen MR) is 233 cm³/mol. The van der Waals surface area contributed by atoms with Gasteiger partial charge in [-0.2, -0.15) is 0 Å². The number of hydrogen-bond acceptors (Lipinski definition) is 10. The lowest BCUT2D eigenvalue weighted by atomic mass is 9.71. The molecule has 5 fully saturated rings. The maximum absolute atomic E-state index is 14.1. The van der Waals surface area contributed by atoms with Crippen molar-refractivity contribution in [2.75, 3.05) is 27.3 Å². The number of aromatic nitrogens is 4. The molecule has 3 saturated heterocycles. The van der Waals surface area contributed by atoms with Crippen LogP contribution in [0.25, 0.3) is 0 Å². The number of alkyl carbamates (subject to hydrolysis) is 2. The van der Waals surface area contributed by atoms with Crippen molar-refractivity contribution >= 4 is 24.0 Å². The molecule has 0 bridgehead atoms. The number of amides is 4. The van der Waals surface area contributed by atoms with Crippen LogP contribution in [-0.4, -0.2) is 110 Å². The molecule has 0 radical (unpaired) electrons. The molecule has 6 aliphatic rings. The Labute approximate surface area is 372 Å². The number of morpholine rings is 1. The van der Waals surface area contributed by atoms with Crippen molar-refractivity contribution in [2.24, 2.45) is 5.92 Å². The molecule has 64 heavy (non-hydrogen) atoms. The zero-order chi connectivity index (χ0) is 43.9. The second-order valence-corrected chi connectivity index (χ2v) is 18.1. The first-order valence-electron chi connectivity index (χ1n) is 22.9. The maximum Gasteiger partial charge on any atom is 0.407 e. The number of hydrogen-bond donors (Lipinski definition) is 4. The quantitative estimate of drug-likeness (QED) is 0.138. The summed E-state index contributed by atoms with van der Waals surface area (Å²) in [4.78, 5) is 76.2. The number of nitrogens with zero attached hydrogens (tertiary/aromatic N) is 5. The number of aromatic amines is 2. The van der Waals surface area contributed by atoms with Crippen molar-refractivity contribution in [3.05, 3.63) is 119 Å². The van der Waals surface area contributed by atoms with Crippen molar-refractivity contribution in [2.45, 2.75) is 118 Å². The minimum Gasteiger partial charge on any atom is -0.453 e. The average molecular weight is 872 g/mol. The van der Waals surface area contributed by atoms with Crippen LogP contribution >= 0.6 is 0 Å². The van der Waals surface area contributed by atoms with Gasteiger partial charge in [0.05, 0.1) is 50.6 Å². The van der Waals surface area contributed by atoms with Crippen molar-refractivity contribution in [1.82, 2.24) is 45.3 Å². The fourth-order valence-corrected chi connectivity index (χ4v) is 11.7. The number of fused-ring (bicyclic) bond motifs is 2. The van der Waals surface area contributed by atoms with E-state index >= 15 is 0 Å². The van der Waals surface area contributed by atoms with E-state index in [-0.39, 0.29) is 65.9 Å². The van der Waals surface area contributed by atoms with Crippen LogP contribution in [0.5, 0.6) is 0 Å². The summed E-state index contributed by atoms with van der Waals surface area (Å²) >= 11 is 0. The average Bonchev–Trinajstić information content (AvgIpc) is 4.20. The monoisotopic (exact) mass is 871 g/mol. The summed E-state index contributed by atoms with van der Waals surface area (Å²) in [6.45, 7) is 1.16. The third-order valence-electron chi connectivity index (χ3n) is 14.7. The topological polar surface area (TPSA) is 187 Å². The third-order valence-corrected chi connectivity index (χ3v) is 14.7. The van der Waals surface area contributed by atoms with Crippen LogP contribution in [0, 0.1) is 5.92 Å². The second-order valence-electron chi connectivity index (χ2n) is 18.1. The zero-order valence-electron chi connectivity index (χ0n) is 36.3. The molecule has 2 aromatic carbocycles. The van der Waals surface area contributed by atoms with Gasteiger partial charge in [0.15, 0.2) is 0 Å². The highest BCUT2D eigenvalue weighted by atomic mass is 16.5. The largest absolute Gasteiger partial charge is 0.453 e. The van der Waals surface area contributed by atoms with Crippen LogP contribution < -0.4 is 10.6 Å². The van der Waals surface area contributed by atoms with Crippen LogP contribution in [0.2, 0.25) is 0 Å². The summed E-state index contributed by atoms with van der Waals surface area (Å²) in [7, 11) is 2.60.